The Hall–Kier alpha value is -0.330. The van der Waals surface area contributed by atoms with Gasteiger partial charge in [0.15, 0.2) is 0 Å². The van der Waals surface area contributed by atoms with Crippen LogP contribution in [-0.4, -0.2) is 5.78 Å². The molecule has 1 heteroatoms. The molecule has 1 aliphatic rings. The fourth-order valence-electron chi connectivity index (χ4n) is 1.84. The van der Waals surface area contributed by atoms with Crippen molar-refractivity contribution in [2.75, 3.05) is 0 Å². The highest BCUT2D eigenvalue weighted by Gasteiger charge is 2.37. The van der Waals surface area contributed by atoms with Crippen LogP contribution in [-0.2, 0) is 4.79 Å². The average Bonchev–Trinajstić information content (AvgIpc) is 1.85. The Morgan fingerprint density at radius 1 is 1.55 bits per heavy atom. The third-order valence-corrected chi connectivity index (χ3v) is 3.09. The van der Waals surface area contributed by atoms with Gasteiger partial charge in [-0.25, -0.2) is 0 Å². The number of hydrogen-bond acceptors (Lipinski definition) is 1. The number of hydrogen-bond donors (Lipinski definition) is 0. The van der Waals surface area contributed by atoms with Gasteiger partial charge < -0.3 is 4.79 Å². The highest BCUT2D eigenvalue weighted by molar-refractivity contribution is 5.75. The van der Waals surface area contributed by atoms with Gasteiger partial charge in [-0.1, -0.05) is 13.8 Å². The van der Waals surface area contributed by atoms with Crippen LogP contribution < -0.4 is 0 Å². The first-order valence-corrected chi connectivity index (χ1v) is 4.52. The maximum Gasteiger partial charge on any atom is 0.129 e. The Balaban J connectivity index is 2.23. The lowest BCUT2D eigenvalue weighted by Crippen LogP contribution is -2.34. The van der Waals surface area contributed by atoms with E-state index in [1.165, 1.54) is 12.8 Å². The second kappa shape index (κ2) is 2.96. The molecule has 0 aliphatic heterocycles. The molecular formula is C10H18O. The van der Waals surface area contributed by atoms with E-state index in [4.69, 9.17) is 0 Å². The van der Waals surface area contributed by atoms with Crippen molar-refractivity contribution in [3.05, 3.63) is 0 Å². The van der Waals surface area contributed by atoms with E-state index in [0.717, 1.165) is 18.8 Å². The van der Waals surface area contributed by atoms with Gasteiger partial charge in [-0.15, -0.1) is 0 Å². The van der Waals surface area contributed by atoms with E-state index in [1.807, 2.05) is 0 Å². The largest absolute Gasteiger partial charge is 0.300 e. The van der Waals surface area contributed by atoms with Gasteiger partial charge in [0.2, 0.25) is 0 Å². The third kappa shape index (κ3) is 2.05. The number of carbonyl (C=O) groups excluding carboxylic acids is 1. The molecule has 1 saturated carbocycles. The monoisotopic (exact) mass is 154 g/mol. The molecule has 1 rings (SSSR count). The molecule has 0 heterocycles. The summed E-state index contributed by atoms with van der Waals surface area (Å²) in [4.78, 5) is 10.7. The quantitative estimate of drug-likeness (QED) is 0.611. The molecule has 0 aromatic carbocycles. The Bertz CT molecular complexity index is 158. The minimum atomic E-state index is 0.340. The molecule has 0 amide bonds. The van der Waals surface area contributed by atoms with Gasteiger partial charge in [-0.2, -0.15) is 0 Å². The average molecular weight is 154 g/mol. The summed E-state index contributed by atoms with van der Waals surface area (Å²) in [5.74, 6) is 1.15. The minimum absolute atomic E-state index is 0.340. The highest BCUT2D eigenvalue weighted by Crippen LogP contribution is 2.48. The zero-order valence-corrected chi connectivity index (χ0v) is 7.81. The van der Waals surface area contributed by atoms with Gasteiger partial charge in [0.1, 0.15) is 5.78 Å². The number of rotatable bonds is 3. The number of Topliss-reactive ketones (excluding diaryl/α,β-unsaturated/α-hetero) is 1. The van der Waals surface area contributed by atoms with Crippen LogP contribution >= 0.6 is 0 Å². The zero-order valence-electron chi connectivity index (χ0n) is 7.81. The van der Waals surface area contributed by atoms with E-state index >= 15 is 0 Å². The zero-order chi connectivity index (χ0) is 8.48. The van der Waals surface area contributed by atoms with E-state index in [9.17, 15) is 4.79 Å². The highest BCUT2D eigenvalue weighted by atomic mass is 16.1. The van der Waals surface area contributed by atoms with Crippen LogP contribution in [0.2, 0.25) is 0 Å². The smallest absolute Gasteiger partial charge is 0.129 e. The van der Waals surface area contributed by atoms with Crippen molar-refractivity contribution in [2.24, 2.45) is 11.3 Å². The van der Waals surface area contributed by atoms with Crippen LogP contribution in [0.4, 0.5) is 0 Å². The molecular weight excluding hydrogens is 136 g/mol. The Morgan fingerprint density at radius 2 is 2.18 bits per heavy atom. The SMILES string of the molecule is CC(=O)CC[C@H]1CCC1(C)C. The van der Waals surface area contributed by atoms with Crippen LogP contribution in [0.3, 0.4) is 0 Å². The van der Waals surface area contributed by atoms with Crippen LogP contribution in [0.25, 0.3) is 0 Å². The predicted molar refractivity (Wildman–Crippen MR) is 46.4 cm³/mol. The Labute approximate surface area is 69.2 Å². The normalized spacial score (nSPS) is 27.7. The molecule has 0 radical (unpaired) electrons. The summed E-state index contributed by atoms with van der Waals surface area (Å²) in [6.07, 6.45) is 4.58. The molecule has 64 valence electrons. The molecule has 11 heavy (non-hydrogen) atoms. The van der Waals surface area contributed by atoms with E-state index < -0.39 is 0 Å². The van der Waals surface area contributed by atoms with Crippen LogP contribution in [0, 0.1) is 11.3 Å². The summed E-state index contributed by atoms with van der Waals surface area (Å²) in [6, 6.07) is 0. The second-order valence-electron chi connectivity index (χ2n) is 4.46. The van der Waals surface area contributed by atoms with Gasteiger partial charge in [-0.3, -0.25) is 0 Å². The molecule has 1 nitrogen and oxygen atoms in total. The summed E-state index contributed by atoms with van der Waals surface area (Å²) in [6.45, 7) is 6.30. The standard InChI is InChI=1S/C10H18O/c1-8(11)4-5-9-6-7-10(9,2)3/h9H,4-7H2,1-3H3/t9-/m0/s1. The fourth-order valence-corrected chi connectivity index (χ4v) is 1.84. The van der Waals surface area contributed by atoms with Gasteiger partial charge >= 0.3 is 0 Å². The minimum Gasteiger partial charge on any atom is -0.300 e. The van der Waals surface area contributed by atoms with Crippen LogP contribution in [0.1, 0.15) is 46.5 Å². The summed E-state index contributed by atoms with van der Waals surface area (Å²) in [5, 5.41) is 0. The predicted octanol–water partition coefficient (Wildman–Crippen LogP) is 2.79. The van der Waals surface area contributed by atoms with Crippen molar-refractivity contribution in [1.82, 2.24) is 0 Å². The van der Waals surface area contributed by atoms with E-state index in [0.29, 0.717) is 11.2 Å². The Morgan fingerprint density at radius 3 is 2.45 bits per heavy atom. The van der Waals surface area contributed by atoms with Crippen LogP contribution in [0.15, 0.2) is 0 Å². The van der Waals surface area contributed by atoms with Gasteiger partial charge in [0.05, 0.1) is 0 Å². The molecule has 0 aromatic rings. The summed E-state index contributed by atoms with van der Waals surface area (Å²) >= 11 is 0. The number of carbonyl (C=O) groups is 1. The van der Waals surface area contributed by atoms with Gasteiger partial charge in [-0.05, 0) is 37.5 Å². The fraction of sp³-hybridized carbons (Fsp3) is 0.900. The van der Waals surface area contributed by atoms with Crippen molar-refractivity contribution in [3.8, 4) is 0 Å². The molecule has 1 atom stereocenters. The first-order chi connectivity index (χ1) is 5.02. The lowest BCUT2D eigenvalue weighted by molar-refractivity contribution is -0.117. The maximum absolute atomic E-state index is 10.7. The van der Waals surface area contributed by atoms with Crippen molar-refractivity contribution in [1.29, 1.82) is 0 Å². The van der Waals surface area contributed by atoms with E-state index in [-0.39, 0.29) is 0 Å². The molecule has 0 saturated heterocycles. The molecule has 0 aromatic heterocycles. The van der Waals surface area contributed by atoms with E-state index in [1.54, 1.807) is 6.92 Å². The van der Waals surface area contributed by atoms with Crippen molar-refractivity contribution in [3.63, 3.8) is 0 Å². The van der Waals surface area contributed by atoms with Crippen molar-refractivity contribution in [2.45, 2.75) is 46.5 Å². The first kappa shape index (κ1) is 8.76. The molecule has 0 bridgehead atoms. The molecule has 0 spiro atoms. The van der Waals surface area contributed by atoms with Gasteiger partial charge in [0.25, 0.3) is 0 Å². The molecule has 0 N–H and O–H groups in total. The number of ketones is 1. The topological polar surface area (TPSA) is 17.1 Å². The third-order valence-electron chi connectivity index (χ3n) is 3.09. The van der Waals surface area contributed by atoms with E-state index in [2.05, 4.69) is 13.8 Å². The molecule has 1 aliphatic carbocycles. The summed E-state index contributed by atoms with van der Waals surface area (Å²) in [5.41, 5.74) is 0.523. The maximum atomic E-state index is 10.7. The summed E-state index contributed by atoms with van der Waals surface area (Å²) in [7, 11) is 0. The lowest BCUT2D eigenvalue weighted by Gasteiger charge is -2.44. The summed E-state index contributed by atoms with van der Waals surface area (Å²) < 4.78 is 0. The lowest BCUT2D eigenvalue weighted by atomic mass is 9.61. The van der Waals surface area contributed by atoms with Gasteiger partial charge in [0, 0.05) is 6.42 Å². The molecule has 0 unspecified atom stereocenters. The van der Waals surface area contributed by atoms with Crippen molar-refractivity contribution >= 4 is 5.78 Å². The first-order valence-electron chi connectivity index (χ1n) is 4.52. The molecule has 1 fully saturated rings. The Kier molecular flexibility index (Phi) is 2.36. The second-order valence-corrected chi connectivity index (χ2v) is 4.46. The van der Waals surface area contributed by atoms with Crippen molar-refractivity contribution < 1.29 is 4.79 Å². The van der Waals surface area contributed by atoms with Crippen LogP contribution in [0.5, 0.6) is 0 Å².